The van der Waals surface area contributed by atoms with Crippen molar-refractivity contribution in [1.82, 2.24) is 9.80 Å². The molecule has 4 heterocycles. The molecule has 3 amide bonds. The van der Waals surface area contributed by atoms with Gasteiger partial charge in [0.05, 0.1) is 56.0 Å². The van der Waals surface area contributed by atoms with Gasteiger partial charge in [-0.3, -0.25) is 29.4 Å². The standard InChI is InChI=1S/C58H52N4O13/c1-71-47-32-40-25-26-59(34-42(40)33-48(47)72-2)54(65)49-51-55(66)75-52(39-15-7-4-8-16-39)50(38-13-5-3-6-14-38)61(51)53(41-17-11-18-44(31-41)73-29-28-64)58(49)45-30-36(12-9-10-27-63)21-24-46(45)60(56(58)67)57(68)74-35-37-19-22-43(23-20-37)62(69)70/h3-8,11,13-24,30-33,49-53,63-64H,10,25-29,34-35H2,1-2H3. The number of fused-ring (bicyclic) bond motifs is 4. The largest absolute Gasteiger partial charge is 0.493 e. The van der Waals surface area contributed by atoms with Gasteiger partial charge in [-0.25, -0.2) is 9.69 Å². The maximum Gasteiger partial charge on any atom is 0.421 e. The highest BCUT2D eigenvalue weighted by molar-refractivity contribution is 6.23. The number of morpholine rings is 1. The Morgan fingerprint density at radius 2 is 1.49 bits per heavy atom. The van der Waals surface area contributed by atoms with Crippen LogP contribution in [0.4, 0.5) is 16.2 Å². The summed E-state index contributed by atoms with van der Waals surface area (Å²) in [6.45, 7) is -0.747. The fraction of sp³-hybridized carbons (Fsp3) is 0.276. The molecule has 17 heteroatoms. The molecule has 0 bridgehead atoms. The van der Waals surface area contributed by atoms with E-state index in [1.165, 1.54) is 31.4 Å². The number of imide groups is 1. The van der Waals surface area contributed by atoms with Gasteiger partial charge < -0.3 is 38.8 Å². The number of ether oxygens (including phenoxy) is 5. The average Bonchev–Trinajstić information content (AvgIpc) is 4.14. The third-order valence-corrected chi connectivity index (χ3v) is 14.5. The average molecular weight is 1010 g/mol. The lowest BCUT2D eigenvalue weighted by Crippen LogP contribution is -2.57. The Labute approximate surface area is 431 Å². The molecule has 0 saturated carbocycles. The second kappa shape index (κ2) is 21.1. The van der Waals surface area contributed by atoms with E-state index in [2.05, 4.69) is 11.8 Å². The van der Waals surface area contributed by atoms with Gasteiger partial charge in [-0.1, -0.05) is 84.6 Å². The van der Waals surface area contributed by atoms with Crippen molar-refractivity contribution in [2.24, 2.45) is 5.92 Å². The first-order valence-electron chi connectivity index (χ1n) is 24.4. The van der Waals surface area contributed by atoms with E-state index in [0.717, 1.165) is 16.0 Å². The van der Waals surface area contributed by atoms with Crippen LogP contribution in [-0.2, 0) is 48.8 Å². The molecule has 6 unspecified atom stereocenters. The Kier molecular flexibility index (Phi) is 14.1. The van der Waals surface area contributed by atoms with Gasteiger partial charge in [0.25, 0.3) is 5.69 Å². The number of cyclic esters (lactones) is 1. The quantitative estimate of drug-likeness (QED) is 0.0504. The molecule has 17 nitrogen and oxygen atoms in total. The normalized spacial score (nSPS) is 21.5. The summed E-state index contributed by atoms with van der Waals surface area (Å²) in [5, 5.41) is 31.1. The summed E-state index contributed by atoms with van der Waals surface area (Å²) in [6.07, 6.45) is -1.59. The number of benzene rings is 6. The van der Waals surface area contributed by atoms with Crippen LogP contribution in [0.15, 0.2) is 140 Å². The van der Waals surface area contributed by atoms with Gasteiger partial charge in [-0.15, -0.1) is 0 Å². The van der Waals surface area contributed by atoms with Crippen molar-refractivity contribution in [2.75, 3.05) is 45.5 Å². The summed E-state index contributed by atoms with van der Waals surface area (Å²) in [7, 11) is 3.06. The van der Waals surface area contributed by atoms with Gasteiger partial charge in [-0.2, -0.15) is 0 Å². The van der Waals surface area contributed by atoms with Crippen molar-refractivity contribution in [3.8, 4) is 29.1 Å². The van der Waals surface area contributed by atoms with Crippen LogP contribution in [0.3, 0.4) is 0 Å². The molecule has 2 fully saturated rings. The zero-order valence-corrected chi connectivity index (χ0v) is 41.0. The molecule has 0 aliphatic carbocycles. The van der Waals surface area contributed by atoms with E-state index in [4.69, 9.17) is 23.7 Å². The number of aliphatic hydroxyl groups excluding tert-OH is 2. The van der Waals surface area contributed by atoms with Gasteiger partial charge >= 0.3 is 12.1 Å². The SMILES string of the molecule is COc1cc2c(cc1OC)CN(C(=O)C1C3C(=O)OC(c4ccccc4)C(c4ccccc4)N3C(c3cccc(OCCO)c3)C13C(=O)N(C(=O)OCc1ccc([N+](=O)[O-])cc1)c1ccc(C#CCCO)cc13)CC2. The monoisotopic (exact) mass is 1010 g/mol. The third kappa shape index (κ3) is 8.96. The molecule has 75 heavy (non-hydrogen) atoms. The Bertz CT molecular complexity index is 3230. The highest BCUT2D eigenvalue weighted by Gasteiger charge is 2.76. The van der Waals surface area contributed by atoms with Crippen molar-refractivity contribution < 1.29 is 58.0 Å². The van der Waals surface area contributed by atoms with E-state index >= 15 is 19.2 Å². The minimum atomic E-state index is -2.16. The van der Waals surface area contributed by atoms with Crippen LogP contribution in [0.5, 0.6) is 17.2 Å². The maximum absolute atomic E-state index is 16.8. The second-order valence-corrected chi connectivity index (χ2v) is 18.5. The second-order valence-electron chi connectivity index (χ2n) is 18.5. The fourth-order valence-corrected chi connectivity index (χ4v) is 11.3. The van der Waals surface area contributed by atoms with Crippen molar-refractivity contribution in [1.29, 1.82) is 0 Å². The number of amides is 3. The predicted molar refractivity (Wildman–Crippen MR) is 271 cm³/mol. The van der Waals surface area contributed by atoms with Crippen LogP contribution in [0, 0.1) is 27.9 Å². The number of methoxy groups -OCH3 is 2. The highest BCUT2D eigenvalue weighted by atomic mass is 16.6. The summed E-state index contributed by atoms with van der Waals surface area (Å²) in [6, 6.07) is 35.9. The summed E-state index contributed by atoms with van der Waals surface area (Å²) < 4.78 is 29.9. The molecule has 0 aromatic heterocycles. The lowest BCUT2D eigenvalue weighted by atomic mass is 9.64. The van der Waals surface area contributed by atoms with E-state index in [1.54, 1.807) is 54.5 Å². The van der Waals surface area contributed by atoms with Gasteiger partial charge in [0.2, 0.25) is 11.8 Å². The Hall–Kier alpha value is -8.56. The number of rotatable bonds is 13. The van der Waals surface area contributed by atoms with E-state index < -0.39 is 64.4 Å². The van der Waals surface area contributed by atoms with Crippen LogP contribution in [0.1, 0.15) is 69.1 Å². The Balaban J connectivity index is 1.24. The van der Waals surface area contributed by atoms with Crippen molar-refractivity contribution >= 4 is 35.3 Å². The maximum atomic E-state index is 16.8. The number of nitro groups is 1. The summed E-state index contributed by atoms with van der Waals surface area (Å²) in [5.41, 5.74) is 2.19. The Morgan fingerprint density at radius 1 is 0.800 bits per heavy atom. The minimum absolute atomic E-state index is 0.0570. The van der Waals surface area contributed by atoms with E-state index in [-0.39, 0.29) is 62.9 Å². The first-order valence-corrected chi connectivity index (χ1v) is 24.4. The van der Waals surface area contributed by atoms with Gasteiger partial charge in [0.15, 0.2) is 11.5 Å². The summed E-state index contributed by atoms with van der Waals surface area (Å²) >= 11 is 0. The molecular weight excluding hydrogens is 961 g/mol. The molecule has 382 valence electrons. The molecule has 2 saturated heterocycles. The molecule has 6 aromatic rings. The lowest BCUT2D eigenvalue weighted by molar-refractivity contribution is -0.384. The molecule has 6 aromatic carbocycles. The van der Waals surface area contributed by atoms with Crippen molar-refractivity contribution in [3.05, 3.63) is 194 Å². The number of carbonyl (C=O) groups is 4. The van der Waals surface area contributed by atoms with Crippen LogP contribution in [-0.4, -0.2) is 95.4 Å². The summed E-state index contributed by atoms with van der Waals surface area (Å²) in [4.78, 5) is 79.4. The third-order valence-electron chi connectivity index (χ3n) is 14.5. The molecule has 1 spiro atoms. The first-order chi connectivity index (χ1) is 36.5. The molecule has 6 atom stereocenters. The number of nitro benzene ring substituents is 1. The molecule has 4 aliphatic heterocycles. The Morgan fingerprint density at radius 3 is 2.17 bits per heavy atom. The van der Waals surface area contributed by atoms with Crippen molar-refractivity contribution in [2.45, 2.75) is 55.6 Å². The topological polar surface area (TPSA) is 208 Å². The van der Waals surface area contributed by atoms with Crippen LogP contribution < -0.4 is 19.1 Å². The first kappa shape index (κ1) is 50.0. The number of nitrogens with zero attached hydrogens (tertiary/aromatic N) is 4. The van der Waals surface area contributed by atoms with Gasteiger partial charge in [0.1, 0.15) is 36.5 Å². The summed E-state index contributed by atoms with van der Waals surface area (Å²) in [5.74, 6) is 3.51. The predicted octanol–water partition coefficient (Wildman–Crippen LogP) is 7.30. The van der Waals surface area contributed by atoms with Crippen LogP contribution >= 0.6 is 0 Å². The van der Waals surface area contributed by atoms with E-state index in [0.29, 0.717) is 51.5 Å². The number of aliphatic hydroxyl groups is 2. The fourth-order valence-electron chi connectivity index (χ4n) is 11.3. The number of anilines is 1. The van der Waals surface area contributed by atoms with E-state index in [9.17, 15) is 20.3 Å². The van der Waals surface area contributed by atoms with Crippen LogP contribution in [0.2, 0.25) is 0 Å². The molecular formula is C58H52N4O13. The minimum Gasteiger partial charge on any atom is -0.493 e. The van der Waals surface area contributed by atoms with Crippen LogP contribution in [0.25, 0.3) is 0 Å². The zero-order chi connectivity index (χ0) is 52.4. The highest BCUT2D eigenvalue weighted by Crippen LogP contribution is 2.66. The number of carbonyl (C=O) groups excluding carboxylic acids is 4. The van der Waals surface area contributed by atoms with Crippen molar-refractivity contribution in [3.63, 3.8) is 0 Å². The molecule has 10 rings (SSSR count). The van der Waals surface area contributed by atoms with E-state index in [1.807, 2.05) is 77.7 Å². The number of esters is 1. The lowest BCUT2D eigenvalue weighted by Gasteiger charge is -2.46. The smallest absolute Gasteiger partial charge is 0.421 e. The molecule has 4 aliphatic rings. The number of hydrogen-bond acceptors (Lipinski definition) is 14. The zero-order valence-electron chi connectivity index (χ0n) is 41.0. The van der Waals surface area contributed by atoms with Gasteiger partial charge in [-0.05, 0) is 100.0 Å². The molecule has 0 radical (unpaired) electrons. The van der Waals surface area contributed by atoms with Gasteiger partial charge in [0, 0.05) is 37.2 Å². The molecule has 2 N–H and O–H groups in total. The number of non-ortho nitro benzene ring substituents is 1. The number of hydrogen-bond donors (Lipinski definition) is 2.